The summed E-state index contributed by atoms with van der Waals surface area (Å²) in [5.41, 5.74) is 2.34. The number of hydroxylamine groups is 2. The lowest BCUT2D eigenvalue weighted by Crippen LogP contribution is -2.30. The lowest BCUT2D eigenvalue weighted by molar-refractivity contribution is -0.218. The van der Waals surface area contributed by atoms with Crippen LogP contribution in [0, 0.1) is 0 Å². The van der Waals surface area contributed by atoms with Crippen molar-refractivity contribution in [1.82, 2.24) is 5.06 Å². The van der Waals surface area contributed by atoms with Gasteiger partial charge >= 0.3 is 5.97 Å². The Morgan fingerprint density at radius 1 is 0.957 bits per heavy atom. The van der Waals surface area contributed by atoms with E-state index >= 15 is 0 Å². The first kappa shape index (κ1) is 17.2. The van der Waals surface area contributed by atoms with Gasteiger partial charge < -0.3 is 4.74 Å². The van der Waals surface area contributed by atoms with Crippen molar-refractivity contribution in [3.63, 3.8) is 0 Å². The summed E-state index contributed by atoms with van der Waals surface area (Å²) in [7, 11) is 0. The van der Waals surface area contributed by atoms with E-state index in [0.29, 0.717) is 13.1 Å². The van der Waals surface area contributed by atoms with E-state index in [0.717, 1.165) is 0 Å². The highest BCUT2D eigenvalue weighted by molar-refractivity contribution is 5.65. The van der Waals surface area contributed by atoms with E-state index in [4.69, 9.17) is 9.57 Å². The van der Waals surface area contributed by atoms with Gasteiger partial charge in [-0.3, -0.25) is 9.63 Å². The highest BCUT2D eigenvalue weighted by atomic mass is 16.7. The fourth-order valence-corrected chi connectivity index (χ4v) is 2.22. The van der Waals surface area contributed by atoms with E-state index < -0.39 is 0 Å². The Morgan fingerprint density at radius 3 is 1.87 bits per heavy atom. The molecule has 0 unspecified atom stereocenters. The smallest absolute Gasteiger partial charge is 0.302 e. The molecule has 2 rings (SSSR count). The third kappa shape index (κ3) is 6.63. The average Bonchev–Trinajstić information content (AvgIpc) is 2.55. The summed E-state index contributed by atoms with van der Waals surface area (Å²) in [6.45, 7) is 4.88. The molecule has 0 saturated carbocycles. The number of hydrogen-bond donors (Lipinski definition) is 0. The predicted octanol–water partition coefficient (Wildman–Crippen LogP) is 3.57. The molecule has 0 aliphatic rings. The molecule has 0 aromatic heterocycles. The van der Waals surface area contributed by atoms with Gasteiger partial charge in [0.1, 0.15) is 12.7 Å². The molecule has 1 atom stereocenters. The van der Waals surface area contributed by atoms with Gasteiger partial charge in [-0.1, -0.05) is 60.7 Å². The van der Waals surface area contributed by atoms with Gasteiger partial charge in [-0.15, -0.1) is 0 Å². The molecule has 0 aliphatic heterocycles. The Hall–Kier alpha value is -2.17. The first-order chi connectivity index (χ1) is 11.1. The van der Waals surface area contributed by atoms with Crippen molar-refractivity contribution in [1.29, 1.82) is 0 Å². The van der Waals surface area contributed by atoms with E-state index in [2.05, 4.69) is 24.3 Å². The molecule has 0 spiro atoms. The van der Waals surface area contributed by atoms with Crippen LogP contribution >= 0.6 is 0 Å². The van der Waals surface area contributed by atoms with Crippen molar-refractivity contribution in [2.24, 2.45) is 0 Å². The molecule has 0 saturated heterocycles. The summed E-state index contributed by atoms with van der Waals surface area (Å²) in [5.74, 6) is -0.293. The maximum atomic E-state index is 10.9. The average molecular weight is 313 g/mol. The lowest BCUT2D eigenvalue weighted by Gasteiger charge is -2.25. The van der Waals surface area contributed by atoms with Crippen molar-refractivity contribution in [2.75, 3.05) is 6.61 Å². The second kappa shape index (κ2) is 9.08. The molecule has 4 heteroatoms. The highest BCUT2D eigenvalue weighted by Crippen LogP contribution is 2.12. The standard InChI is InChI=1S/C19H23NO3/c1-16(15-22-17(2)21)23-20(13-18-9-5-3-6-10-18)14-19-11-7-4-8-12-19/h3-12,16H,13-15H2,1-2H3/t16-/m0/s1. The number of ether oxygens (including phenoxy) is 1. The van der Waals surface area contributed by atoms with Crippen LogP contribution in [0.1, 0.15) is 25.0 Å². The third-order valence-electron chi connectivity index (χ3n) is 3.25. The molecule has 0 heterocycles. The van der Waals surface area contributed by atoms with Crippen LogP contribution in [0.4, 0.5) is 0 Å². The Kier molecular flexibility index (Phi) is 6.78. The van der Waals surface area contributed by atoms with Gasteiger partial charge in [-0.25, -0.2) is 0 Å². The summed E-state index contributed by atoms with van der Waals surface area (Å²) in [6.07, 6.45) is -0.202. The van der Waals surface area contributed by atoms with E-state index in [1.807, 2.05) is 48.4 Å². The number of benzene rings is 2. The van der Waals surface area contributed by atoms with Crippen LogP contribution in [0.15, 0.2) is 60.7 Å². The van der Waals surface area contributed by atoms with Crippen LogP contribution in [0.25, 0.3) is 0 Å². The Balaban J connectivity index is 2.00. The van der Waals surface area contributed by atoms with E-state index in [-0.39, 0.29) is 18.7 Å². The number of esters is 1. The summed E-state index contributed by atoms with van der Waals surface area (Å²) in [5, 5.41) is 1.90. The number of rotatable bonds is 8. The normalized spacial score (nSPS) is 12.1. The quantitative estimate of drug-likeness (QED) is 0.551. The zero-order chi connectivity index (χ0) is 16.5. The van der Waals surface area contributed by atoms with Crippen molar-refractivity contribution in [3.05, 3.63) is 71.8 Å². The lowest BCUT2D eigenvalue weighted by atomic mass is 10.2. The molecular formula is C19H23NO3. The molecule has 2 aromatic carbocycles. The SMILES string of the molecule is CC(=O)OC[C@H](C)ON(Cc1ccccc1)Cc1ccccc1. The van der Waals surface area contributed by atoms with Crippen molar-refractivity contribution < 1.29 is 14.4 Å². The first-order valence-corrected chi connectivity index (χ1v) is 7.76. The van der Waals surface area contributed by atoms with Crippen molar-refractivity contribution in [2.45, 2.75) is 33.0 Å². The summed E-state index contributed by atoms with van der Waals surface area (Å²) in [6, 6.07) is 20.3. The number of nitrogens with zero attached hydrogens (tertiary/aromatic N) is 1. The Bertz CT molecular complexity index is 545. The maximum Gasteiger partial charge on any atom is 0.302 e. The van der Waals surface area contributed by atoms with Crippen LogP contribution in [0.3, 0.4) is 0 Å². The van der Waals surface area contributed by atoms with E-state index in [1.54, 1.807) is 0 Å². The number of carbonyl (C=O) groups excluding carboxylic acids is 1. The minimum absolute atomic E-state index is 0.202. The fourth-order valence-electron chi connectivity index (χ4n) is 2.22. The molecule has 0 radical (unpaired) electrons. The van der Waals surface area contributed by atoms with E-state index in [9.17, 15) is 4.79 Å². The third-order valence-corrected chi connectivity index (χ3v) is 3.25. The molecule has 122 valence electrons. The van der Waals surface area contributed by atoms with Crippen molar-refractivity contribution in [3.8, 4) is 0 Å². The largest absolute Gasteiger partial charge is 0.463 e. The van der Waals surface area contributed by atoms with Gasteiger partial charge in [0.2, 0.25) is 0 Å². The number of carbonyl (C=O) groups is 1. The monoisotopic (exact) mass is 313 g/mol. The zero-order valence-electron chi connectivity index (χ0n) is 13.6. The van der Waals surface area contributed by atoms with Gasteiger partial charge in [-0.2, -0.15) is 5.06 Å². The molecule has 0 N–H and O–H groups in total. The molecule has 0 fully saturated rings. The molecule has 2 aromatic rings. The summed E-state index contributed by atoms with van der Waals surface area (Å²) < 4.78 is 5.01. The topological polar surface area (TPSA) is 38.8 Å². The molecule has 0 bridgehead atoms. The second-order valence-electron chi connectivity index (χ2n) is 5.49. The highest BCUT2D eigenvalue weighted by Gasteiger charge is 2.13. The van der Waals surface area contributed by atoms with Crippen LogP contribution in [-0.2, 0) is 27.5 Å². The molecule has 23 heavy (non-hydrogen) atoms. The molecule has 0 amide bonds. The summed E-state index contributed by atoms with van der Waals surface area (Å²) in [4.78, 5) is 16.9. The van der Waals surface area contributed by atoms with Crippen LogP contribution in [-0.4, -0.2) is 23.7 Å². The molecule has 4 nitrogen and oxygen atoms in total. The van der Waals surface area contributed by atoms with Crippen LogP contribution in [0.5, 0.6) is 0 Å². The first-order valence-electron chi connectivity index (χ1n) is 7.76. The van der Waals surface area contributed by atoms with Gasteiger partial charge in [0.25, 0.3) is 0 Å². The Labute approximate surface area is 137 Å². The minimum Gasteiger partial charge on any atom is -0.463 e. The van der Waals surface area contributed by atoms with Gasteiger partial charge in [0.05, 0.1) is 0 Å². The fraction of sp³-hybridized carbons (Fsp3) is 0.316. The minimum atomic E-state index is -0.293. The zero-order valence-corrected chi connectivity index (χ0v) is 13.6. The number of hydrogen-bond acceptors (Lipinski definition) is 4. The van der Waals surface area contributed by atoms with Gasteiger partial charge in [-0.05, 0) is 18.1 Å². The predicted molar refractivity (Wildman–Crippen MR) is 89.3 cm³/mol. The second-order valence-corrected chi connectivity index (χ2v) is 5.49. The van der Waals surface area contributed by atoms with Crippen LogP contribution in [0.2, 0.25) is 0 Å². The summed E-state index contributed by atoms with van der Waals surface area (Å²) >= 11 is 0. The molecule has 0 aliphatic carbocycles. The van der Waals surface area contributed by atoms with Crippen molar-refractivity contribution >= 4 is 5.97 Å². The van der Waals surface area contributed by atoms with Crippen LogP contribution < -0.4 is 0 Å². The van der Waals surface area contributed by atoms with Gasteiger partial charge in [0.15, 0.2) is 0 Å². The Morgan fingerprint density at radius 2 is 1.43 bits per heavy atom. The maximum absolute atomic E-state index is 10.9. The molecular weight excluding hydrogens is 290 g/mol. The van der Waals surface area contributed by atoms with E-state index in [1.165, 1.54) is 18.1 Å². The van der Waals surface area contributed by atoms with Gasteiger partial charge in [0, 0.05) is 20.0 Å².